The zero-order chi connectivity index (χ0) is 14.7. The number of hydrogen-bond acceptors (Lipinski definition) is 4. The summed E-state index contributed by atoms with van der Waals surface area (Å²) in [5.74, 6) is 0.418. The number of nitrogens with one attached hydrogen (secondary N) is 1. The smallest absolute Gasteiger partial charge is 0.274 e. The van der Waals surface area contributed by atoms with Crippen LogP contribution in [0.25, 0.3) is 0 Å². The van der Waals surface area contributed by atoms with Crippen LogP contribution in [-0.4, -0.2) is 43.9 Å². The Morgan fingerprint density at radius 2 is 2.14 bits per heavy atom. The van der Waals surface area contributed by atoms with E-state index in [4.69, 9.17) is 0 Å². The maximum atomic E-state index is 12.3. The van der Waals surface area contributed by atoms with Gasteiger partial charge in [0.2, 0.25) is 0 Å². The number of nitrogens with zero attached hydrogens (tertiary/aromatic N) is 4. The molecule has 7 nitrogen and oxygen atoms in total. The first-order chi connectivity index (χ1) is 10.2. The molecule has 1 fully saturated rings. The maximum absolute atomic E-state index is 12.3. The fourth-order valence-electron chi connectivity index (χ4n) is 2.62. The molecule has 0 atom stereocenters. The van der Waals surface area contributed by atoms with Crippen LogP contribution < -0.4 is 5.56 Å². The zero-order valence-corrected chi connectivity index (χ0v) is 11.6. The molecule has 0 aliphatic carbocycles. The first-order valence-corrected chi connectivity index (χ1v) is 7.05. The molecule has 0 unspecified atom stereocenters. The van der Waals surface area contributed by atoms with Crippen LogP contribution >= 0.6 is 0 Å². The molecule has 0 radical (unpaired) electrons. The third-order valence-corrected chi connectivity index (χ3v) is 3.80. The number of H-pyrrole nitrogens is 1. The van der Waals surface area contributed by atoms with Crippen molar-refractivity contribution in [2.45, 2.75) is 19.4 Å². The molecular weight excluding hydrogens is 270 g/mol. The third kappa shape index (κ3) is 3.18. The molecule has 1 amide bonds. The second-order valence-corrected chi connectivity index (χ2v) is 5.27. The Bertz CT molecular complexity index is 636. The lowest BCUT2D eigenvalue weighted by Crippen LogP contribution is -2.40. The largest absolute Gasteiger partial charge is 0.337 e. The summed E-state index contributed by atoms with van der Waals surface area (Å²) in [5, 5.41) is 10.3. The summed E-state index contributed by atoms with van der Waals surface area (Å²) < 4.78 is 1.94. The van der Waals surface area contributed by atoms with E-state index in [0.29, 0.717) is 24.7 Å². The quantitative estimate of drug-likeness (QED) is 0.892. The number of aromatic nitrogens is 4. The minimum atomic E-state index is -0.301. The Labute approximate surface area is 121 Å². The van der Waals surface area contributed by atoms with Gasteiger partial charge in [-0.1, -0.05) is 0 Å². The summed E-state index contributed by atoms with van der Waals surface area (Å²) >= 11 is 0. The van der Waals surface area contributed by atoms with Gasteiger partial charge in [0, 0.05) is 38.1 Å². The Kier molecular flexibility index (Phi) is 3.81. The van der Waals surface area contributed by atoms with E-state index >= 15 is 0 Å². The van der Waals surface area contributed by atoms with Gasteiger partial charge < -0.3 is 4.90 Å². The average Bonchev–Trinajstić information content (AvgIpc) is 3.01. The van der Waals surface area contributed by atoms with Crippen molar-refractivity contribution in [2.75, 3.05) is 13.1 Å². The molecule has 1 saturated heterocycles. The van der Waals surface area contributed by atoms with Crippen molar-refractivity contribution in [2.24, 2.45) is 5.92 Å². The summed E-state index contributed by atoms with van der Waals surface area (Å²) in [6, 6.07) is 4.71. The van der Waals surface area contributed by atoms with Crippen LogP contribution in [0.4, 0.5) is 0 Å². The number of hydrogen-bond donors (Lipinski definition) is 1. The van der Waals surface area contributed by atoms with E-state index in [1.807, 2.05) is 16.9 Å². The van der Waals surface area contributed by atoms with Crippen LogP contribution in [0.15, 0.2) is 35.4 Å². The number of carbonyl (C=O) groups excluding carboxylic acids is 1. The van der Waals surface area contributed by atoms with E-state index in [0.717, 1.165) is 19.4 Å². The highest BCUT2D eigenvalue weighted by Crippen LogP contribution is 2.19. The number of aromatic amines is 1. The van der Waals surface area contributed by atoms with Crippen molar-refractivity contribution in [1.29, 1.82) is 0 Å². The summed E-state index contributed by atoms with van der Waals surface area (Å²) in [6.07, 6.45) is 5.65. The van der Waals surface area contributed by atoms with Gasteiger partial charge in [0.05, 0.1) is 0 Å². The minimum Gasteiger partial charge on any atom is -0.337 e. The predicted molar refractivity (Wildman–Crippen MR) is 75.7 cm³/mol. The van der Waals surface area contributed by atoms with Gasteiger partial charge in [-0.2, -0.15) is 10.2 Å². The lowest BCUT2D eigenvalue weighted by molar-refractivity contribution is 0.0674. The molecule has 2 aromatic rings. The van der Waals surface area contributed by atoms with Gasteiger partial charge >= 0.3 is 0 Å². The number of carbonyl (C=O) groups is 1. The molecule has 2 aromatic heterocycles. The molecule has 0 saturated carbocycles. The lowest BCUT2D eigenvalue weighted by atomic mass is 9.96. The second-order valence-electron chi connectivity index (χ2n) is 5.27. The van der Waals surface area contributed by atoms with Gasteiger partial charge in [0.15, 0.2) is 0 Å². The minimum absolute atomic E-state index is 0.121. The van der Waals surface area contributed by atoms with Gasteiger partial charge in [-0.05, 0) is 30.9 Å². The van der Waals surface area contributed by atoms with Crippen LogP contribution in [0.1, 0.15) is 23.3 Å². The lowest BCUT2D eigenvalue weighted by Gasteiger charge is -2.31. The molecule has 110 valence electrons. The predicted octanol–water partition coefficient (Wildman–Crippen LogP) is 0.519. The molecule has 3 heterocycles. The van der Waals surface area contributed by atoms with Crippen LogP contribution in [0.5, 0.6) is 0 Å². The molecule has 1 aliphatic heterocycles. The molecule has 0 bridgehead atoms. The van der Waals surface area contributed by atoms with Crippen LogP contribution in [-0.2, 0) is 6.54 Å². The Balaban J connectivity index is 1.56. The SMILES string of the molecule is O=C(c1ccc(=O)[nH]n1)N1CCC(Cn2cccn2)CC1. The fraction of sp³-hybridized carbons (Fsp3) is 0.429. The Morgan fingerprint density at radius 3 is 2.76 bits per heavy atom. The van der Waals surface area contributed by atoms with E-state index in [9.17, 15) is 9.59 Å². The van der Waals surface area contributed by atoms with Gasteiger partial charge in [-0.15, -0.1) is 0 Å². The normalized spacial score (nSPS) is 16.1. The number of likely N-dealkylation sites (tertiary alicyclic amines) is 1. The average molecular weight is 287 g/mol. The first-order valence-electron chi connectivity index (χ1n) is 7.05. The summed E-state index contributed by atoms with van der Waals surface area (Å²) in [4.78, 5) is 25.0. The van der Waals surface area contributed by atoms with Crippen molar-refractivity contribution in [3.8, 4) is 0 Å². The standard InChI is InChI=1S/C14H17N5O2/c20-13-3-2-12(16-17-13)14(21)18-8-4-11(5-9-18)10-19-7-1-6-15-19/h1-3,6-7,11H,4-5,8-10H2,(H,17,20). The summed E-state index contributed by atoms with van der Waals surface area (Å²) in [5.41, 5.74) is -0.00962. The number of amides is 1. The highest BCUT2D eigenvalue weighted by molar-refractivity contribution is 5.92. The van der Waals surface area contributed by atoms with E-state index in [1.54, 1.807) is 11.1 Å². The van der Waals surface area contributed by atoms with Crippen molar-refractivity contribution in [1.82, 2.24) is 24.9 Å². The van der Waals surface area contributed by atoms with Crippen LogP contribution in [0.2, 0.25) is 0 Å². The van der Waals surface area contributed by atoms with Crippen LogP contribution in [0, 0.1) is 5.92 Å². The molecule has 1 aliphatic rings. The molecule has 0 spiro atoms. The molecule has 1 N–H and O–H groups in total. The molecule has 21 heavy (non-hydrogen) atoms. The summed E-state index contributed by atoms with van der Waals surface area (Å²) in [6.45, 7) is 2.32. The Morgan fingerprint density at radius 1 is 1.33 bits per heavy atom. The molecule has 3 rings (SSSR count). The highest BCUT2D eigenvalue weighted by Gasteiger charge is 2.24. The van der Waals surface area contributed by atoms with Gasteiger partial charge in [-0.25, -0.2) is 5.10 Å². The van der Waals surface area contributed by atoms with Crippen molar-refractivity contribution in [3.05, 3.63) is 46.6 Å². The highest BCUT2D eigenvalue weighted by atomic mass is 16.2. The molecule has 0 aromatic carbocycles. The molecule has 7 heteroatoms. The van der Waals surface area contributed by atoms with E-state index in [-0.39, 0.29) is 11.5 Å². The fourth-order valence-corrected chi connectivity index (χ4v) is 2.62. The van der Waals surface area contributed by atoms with Crippen molar-refractivity contribution in [3.63, 3.8) is 0 Å². The van der Waals surface area contributed by atoms with E-state index in [1.165, 1.54) is 12.1 Å². The zero-order valence-electron chi connectivity index (χ0n) is 11.6. The summed E-state index contributed by atoms with van der Waals surface area (Å²) in [7, 11) is 0. The maximum Gasteiger partial charge on any atom is 0.274 e. The van der Waals surface area contributed by atoms with Crippen molar-refractivity contribution >= 4 is 5.91 Å². The molecular formula is C14H17N5O2. The van der Waals surface area contributed by atoms with Gasteiger partial charge in [0.1, 0.15) is 5.69 Å². The van der Waals surface area contributed by atoms with E-state index < -0.39 is 0 Å². The van der Waals surface area contributed by atoms with Gasteiger partial charge in [-0.3, -0.25) is 14.3 Å². The first kappa shape index (κ1) is 13.5. The monoisotopic (exact) mass is 287 g/mol. The Hall–Kier alpha value is -2.44. The third-order valence-electron chi connectivity index (χ3n) is 3.80. The van der Waals surface area contributed by atoms with Crippen molar-refractivity contribution < 1.29 is 4.79 Å². The number of piperidine rings is 1. The number of rotatable bonds is 3. The van der Waals surface area contributed by atoms with Gasteiger partial charge in [0.25, 0.3) is 11.5 Å². The topological polar surface area (TPSA) is 83.9 Å². The van der Waals surface area contributed by atoms with Crippen LogP contribution in [0.3, 0.4) is 0 Å². The van der Waals surface area contributed by atoms with E-state index in [2.05, 4.69) is 15.3 Å². The second kappa shape index (κ2) is 5.90.